The summed E-state index contributed by atoms with van der Waals surface area (Å²) in [6.45, 7) is 6.43. The van der Waals surface area contributed by atoms with E-state index in [0.29, 0.717) is 23.7 Å². The van der Waals surface area contributed by atoms with Gasteiger partial charge >= 0.3 is 0 Å². The van der Waals surface area contributed by atoms with Gasteiger partial charge in [-0.15, -0.1) is 0 Å². The molecule has 0 aliphatic carbocycles. The Bertz CT molecular complexity index is 3830. The van der Waals surface area contributed by atoms with Crippen LogP contribution in [0.3, 0.4) is 0 Å². The number of pyridine rings is 2. The van der Waals surface area contributed by atoms with Gasteiger partial charge in [0.25, 0.3) is 0 Å². The van der Waals surface area contributed by atoms with E-state index in [1.165, 1.54) is 6.20 Å². The lowest BCUT2D eigenvalue weighted by molar-refractivity contribution is 0.666. The number of aliphatic imine (C=N–C) groups is 2. The number of nitrogens with zero attached hydrogens (tertiary/aromatic N) is 7. The number of nitrogens with two attached hydrogens (primary N) is 1. The highest BCUT2D eigenvalue weighted by molar-refractivity contribution is 6.15. The summed E-state index contributed by atoms with van der Waals surface area (Å²) >= 11 is 0. The van der Waals surface area contributed by atoms with Crippen LogP contribution < -0.4 is 5.73 Å². The fraction of sp³-hybridized carbons (Fsp3) is 0.0333. The molecule has 5 heterocycles. The first-order valence-electron chi connectivity index (χ1n) is 22.7. The maximum Gasteiger partial charge on any atom is 0.159 e. The first-order valence-corrected chi connectivity index (χ1v) is 22.7. The third kappa shape index (κ3) is 8.19. The SMILES string of the molecule is C=C(N=C(/C=C\N)c1ccccc1)c1ccc2c(c1)c1cc(-c3nccc(-c4ccccc4)n3)ccc1n2-c1cc(CC=N/C=C\C)c2oc3c(-c4cccnc4)cc(-c4cccnc4)cc3c2c1. The Morgan fingerprint density at radius 1 is 0.652 bits per heavy atom. The van der Waals surface area contributed by atoms with Gasteiger partial charge in [0.05, 0.1) is 28.1 Å². The molecule has 0 amide bonds. The number of aromatic nitrogens is 5. The van der Waals surface area contributed by atoms with Crippen LogP contribution in [0.25, 0.3) is 100 Å². The monoisotopic (exact) mass is 892 g/mol. The molecule has 330 valence electrons. The Hall–Kier alpha value is -9.34. The molecule has 0 saturated heterocycles. The van der Waals surface area contributed by atoms with Crippen LogP contribution in [-0.4, -0.2) is 36.4 Å². The Morgan fingerprint density at radius 3 is 2.12 bits per heavy atom. The molecular formula is C60H44N8O. The Labute approximate surface area is 398 Å². The second kappa shape index (κ2) is 18.5. The molecule has 6 aromatic carbocycles. The third-order valence-electron chi connectivity index (χ3n) is 12.3. The van der Waals surface area contributed by atoms with Crippen LogP contribution in [0.2, 0.25) is 0 Å². The molecule has 0 spiro atoms. The van der Waals surface area contributed by atoms with Crippen molar-refractivity contribution in [3.05, 3.63) is 230 Å². The van der Waals surface area contributed by atoms with Crippen molar-refractivity contribution in [2.24, 2.45) is 15.7 Å². The lowest BCUT2D eigenvalue weighted by Gasteiger charge is -2.11. The van der Waals surface area contributed by atoms with Crippen LogP contribution in [0.4, 0.5) is 0 Å². The predicted molar refractivity (Wildman–Crippen MR) is 283 cm³/mol. The number of rotatable bonds is 12. The zero-order chi connectivity index (χ0) is 46.7. The Kier molecular flexibility index (Phi) is 11.3. The van der Waals surface area contributed by atoms with Gasteiger partial charge in [0.15, 0.2) is 5.82 Å². The summed E-state index contributed by atoms with van der Waals surface area (Å²) in [6.07, 6.45) is 18.7. The van der Waals surface area contributed by atoms with Gasteiger partial charge in [-0.1, -0.05) is 91.5 Å². The molecule has 9 heteroatoms. The van der Waals surface area contributed by atoms with Crippen molar-refractivity contribution in [1.29, 1.82) is 0 Å². The highest BCUT2D eigenvalue weighted by Gasteiger charge is 2.22. The van der Waals surface area contributed by atoms with E-state index in [9.17, 15) is 0 Å². The molecule has 0 unspecified atom stereocenters. The van der Waals surface area contributed by atoms with Crippen molar-refractivity contribution in [3.63, 3.8) is 0 Å². The summed E-state index contributed by atoms with van der Waals surface area (Å²) in [4.78, 5) is 28.4. The number of fused-ring (bicyclic) bond motifs is 6. The fourth-order valence-electron chi connectivity index (χ4n) is 9.04. The van der Waals surface area contributed by atoms with Crippen molar-refractivity contribution in [2.45, 2.75) is 13.3 Å². The van der Waals surface area contributed by atoms with Gasteiger partial charge in [0.2, 0.25) is 0 Å². The average molecular weight is 893 g/mol. The highest BCUT2D eigenvalue weighted by Crippen LogP contribution is 2.43. The molecule has 5 aromatic heterocycles. The van der Waals surface area contributed by atoms with Gasteiger partial charge < -0.3 is 14.7 Å². The van der Waals surface area contributed by atoms with Crippen LogP contribution in [0.1, 0.15) is 23.6 Å². The van der Waals surface area contributed by atoms with Crippen molar-refractivity contribution in [1.82, 2.24) is 24.5 Å². The smallest absolute Gasteiger partial charge is 0.159 e. The lowest BCUT2D eigenvalue weighted by Crippen LogP contribution is -1.99. The van der Waals surface area contributed by atoms with E-state index >= 15 is 0 Å². The van der Waals surface area contributed by atoms with Crippen molar-refractivity contribution >= 4 is 61.4 Å². The number of hydrogen-bond acceptors (Lipinski definition) is 8. The Morgan fingerprint density at radius 2 is 1.36 bits per heavy atom. The highest BCUT2D eigenvalue weighted by atomic mass is 16.3. The van der Waals surface area contributed by atoms with E-state index in [1.54, 1.807) is 24.7 Å². The molecule has 0 aliphatic heterocycles. The number of furan rings is 1. The summed E-state index contributed by atoms with van der Waals surface area (Å²) in [5.74, 6) is 0.633. The van der Waals surface area contributed by atoms with E-state index in [2.05, 4.69) is 111 Å². The molecule has 9 nitrogen and oxygen atoms in total. The van der Waals surface area contributed by atoms with Gasteiger partial charge in [-0.05, 0) is 97.6 Å². The molecule has 0 saturated carbocycles. The molecule has 11 rings (SSSR count). The topological polar surface area (TPSA) is 120 Å². The van der Waals surface area contributed by atoms with Crippen LogP contribution in [-0.2, 0) is 6.42 Å². The van der Waals surface area contributed by atoms with E-state index in [-0.39, 0.29) is 0 Å². The lowest BCUT2D eigenvalue weighted by atomic mass is 9.96. The molecule has 0 bridgehead atoms. The van der Waals surface area contributed by atoms with Crippen LogP contribution in [0.15, 0.2) is 228 Å². The van der Waals surface area contributed by atoms with Crippen LogP contribution in [0.5, 0.6) is 0 Å². The number of benzene rings is 6. The second-order valence-corrected chi connectivity index (χ2v) is 16.6. The Balaban J connectivity index is 1.16. The quantitative estimate of drug-likeness (QED) is 0.122. The van der Waals surface area contributed by atoms with Gasteiger partial charge in [-0.2, -0.15) is 0 Å². The maximum absolute atomic E-state index is 7.01. The third-order valence-corrected chi connectivity index (χ3v) is 12.3. The largest absolute Gasteiger partial charge is 0.455 e. The minimum Gasteiger partial charge on any atom is -0.455 e. The molecule has 11 aromatic rings. The number of hydrogen-bond donors (Lipinski definition) is 1. The van der Waals surface area contributed by atoms with E-state index in [4.69, 9.17) is 25.1 Å². The molecule has 69 heavy (non-hydrogen) atoms. The first kappa shape index (κ1) is 42.3. The minimum absolute atomic E-state index is 0.533. The maximum atomic E-state index is 7.01. The van der Waals surface area contributed by atoms with Gasteiger partial charge in [0, 0.05) is 122 Å². The van der Waals surface area contributed by atoms with E-state index < -0.39 is 0 Å². The number of allylic oxidation sites excluding steroid dienone is 2. The van der Waals surface area contributed by atoms with Crippen molar-refractivity contribution in [2.75, 3.05) is 0 Å². The zero-order valence-electron chi connectivity index (χ0n) is 37.7. The minimum atomic E-state index is 0.533. The normalized spacial score (nSPS) is 12.2. The van der Waals surface area contributed by atoms with E-state index in [1.807, 2.05) is 105 Å². The second-order valence-electron chi connectivity index (χ2n) is 16.6. The predicted octanol–water partition coefficient (Wildman–Crippen LogP) is 14.0. The summed E-state index contributed by atoms with van der Waals surface area (Å²) in [6, 6.07) is 51.9. The molecule has 0 radical (unpaired) electrons. The van der Waals surface area contributed by atoms with Crippen LogP contribution >= 0.6 is 0 Å². The van der Waals surface area contributed by atoms with Crippen LogP contribution in [0, 0.1) is 0 Å². The molecule has 0 fully saturated rings. The van der Waals surface area contributed by atoms with Gasteiger partial charge in [-0.3, -0.25) is 15.0 Å². The average Bonchev–Trinajstić information content (AvgIpc) is 3.95. The van der Waals surface area contributed by atoms with Gasteiger partial charge in [-0.25, -0.2) is 15.0 Å². The molecule has 0 atom stereocenters. The first-order chi connectivity index (χ1) is 34.0. The van der Waals surface area contributed by atoms with Gasteiger partial charge in [0.1, 0.15) is 11.2 Å². The fourth-order valence-corrected chi connectivity index (χ4v) is 9.04. The summed E-state index contributed by atoms with van der Waals surface area (Å²) in [5.41, 5.74) is 21.3. The summed E-state index contributed by atoms with van der Waals surface area (Å²) in [5, 5.41) is 3.99. The zero-order valence-corrected chi connectivity index (χ0v) is 37.7. The molecule has 2 N–H and O–H groups in total. The summed E-state index contributed by atoms with van der Waals surface area (Å²) < 4.78 is 9.34. The molecular weight excluding hydrogens is 849 g/mol. The van der Waals surface area contributed by atoms with Crippen molar-refractivity contribution < 1.29 is 4.42 Å². The molecule has 0 aliphatic rings. The summed E-state index contributed by atoms with van der Waals surface area (Å²) in [7, 11) is 0. The van der Waals surface area contributed by atoms with E-state index in [0.717, 1.165) is 105 Å². The standard InChI is InChI=1S/C60H44N8O/c1-3-26-62-29-23-43-31-48(36-53-52-35-47(45-16-10-27-63-37-45)34-49(59(52)69-58(43)53)46-17-11-28-64-38-46)68-56-20-18-42(39(2)66-54(22-25-61)40-12-6-4-7-13-40)32-50(56)51-33-44(19-21-57(51)68)60-65-30-24-55(67-60)41-14-8-5-9-15-41/h3-22,24-38H,2,23,61H2,1H3/b25-22-,26-3-,62-29?,66-54?. The van der Waals surface area contributed by atoms with Crippen molar-refractivity contribution in [3.8, 4) is 50.6 Å².